The van der Waals surface area contributed by atoms with Crippen molar-refractivity contribution in [2.45, 2.75) is 6.92 Å². The van der Waals surface area contributed by atoms with Gasteiger partial charge in [-0.15, -0.1) is 0 Å². The van der Waals surface area contributed by atoms with E-state index in [-0.39, 0.29) is 11.7 Å². The van der Waals surface area contributed by atoms with Gasteiger partial charge in [0.05, 0.1) is 11.4 Å². The molecule has 0 heterocycles. The fourth-order valence-corrected chi connectivity index (χ4v) is 1.61. The topological polar surface area (TPSA) is 72.2 Å². The van der Waals surface area contributed by atoms with Crippen molar-refractivity contribution in [2.24, 2.45) is 0 Å². The first-order valence-electron chi connectivity index (χ1n) is 4.62. The highest BCUT2D eigenvalue weighted by atomic mass is 32.2. The van der Waals surface area contributed by atoms with Crippen LogP contribution in [0.4, 0.5) is 11.4 Å². The van der Waals surface area contributed by atoms with E-state index in [9.17, 15) is 9.00 Å². The van der Waals surface area contributed by atoms with E-state index in [1.165, 1.54) is 0 Å². The van der Waals surface area contributed by atoms with Gasteiger partial charge in [0.1, 0.15) is 5.75 Å². The number of nitrogens with one attached hydrogen (secondary N) is 1. The van der Waals surface area contributed by atoms with Crippen molar-refractivity contribution in [3.8, 4) is 0 Å². The van der Waals surface area contributed by atoms with Crippen LogP contribution >= 0.6 is 0 Å². The summed E-state index contributed by atoms with van der Waals surface area (Å²) in [5.41, 5.74) is 6.71. The van der Waals surface area contributed by atoms with Crippen LogP contribution in [-0.2, 0) is 15.6 Å². The van der Waals surface area contributed by atoms with Crippen molar-refractivity contribution in [1.82, 2.24) is 0 Å². The van der Waals surface area contributed by atoms with Crippen molar-refractivity contribution in [3.63, 3.8) is 0 Å². The molecule has 15 heavy (non-hydrogen) atoms. The number of rotatable bonds is 4. The van der Waals surface area contributed by atoms with Crippen LogP contribution in [0.5, 0.6) is 0 Å². The Labute approximate surface area is 91.3 Å². The fraction of sp³-hybridized carbons (Fsp3) is 0.300. The number of carbonyl (C=O) groups excluding carboxylic acids is 1. The third kappa shape index (κ3) is 3.71. The lowest BCUT2D eigenvalue weighted by atomic mass is 10.3. The normalized spacial score (nSPS) is 12.1. The SMILES string of the molecule is CCS(=O)CC(=O)Nc1ccccc1N. The number of anilines is 2. The number of carbonyl (C=O) groups is 1. The lowest BCUT2D eigenvalue weighted by Gasteiger charge is -2.06. The molecule has 3 N–H and O–H groups in total. The third-order valence-electron chi connectivity index (χ3n) is 1.85. The first kappa shape index (κ1) is 11.7. The summed E-state index contributed by atoms with van der Waals surface area (Å²) < 4.78 is 11.1. The standard InChI is InChI=1S/C10H14N2O2S/c1-2-15(14)7-10(13)12-9-6-4-3-5-8(9)11/h3-6H,2,7,11H2,1H3,(H,12,13). The van der Waals surface area contributed by atoms with Crippen LogP contribution in [0.2, 0.25) is 0 Å². The Balaban J connectivity index is 2.59. The van der Waals surface area contributed by atoms with Crippen molar-refractivity contribution in [3.05, 3.63) is 24.3 Å². The molecule has 1 atom stereocenters. The van der Waals surface area contributed by atoms with Gasteiger partial charge >= 0.3 is 0 Å². The molecule has 0 bridgehead atoms. The number of nitrogen functional groups attached to an aromatic ring is 1. The molecule has 1 amide bonds. The molecule has 1 unspecified atom stereocenters. The summed E-state index contributed by atoms with van der Waals surface area (Å²) in [4.78, 5) is 11.4. The Morgan fingerprint density at radius 1 is 1.47 bits per heavy atom. The van der Waals surface area contributed by atoms with Crippen LogP contribution in [-0.4, -0.2) is 21.6 Å². The summed E-state index contributed by atoms with van der Waals surface area (Å²) in [7, 11) is -1.09. The number of nitrogens with two attached hydrogens (primary N) is 1. The molecule has 0 aromatic heterocycles. The van der Waals surface area contributed by atoms with E-state index < -0.39 is 10.8 Å². The van der Waals surface area contributed by atoms with E-state index in [1.54, 1.807) is 31.2 Å². The molecular formula is C10H14N2O2S. The Bertz CT molecular complexity index is 379. The molecule has 82 valence electrons. The van der Waals surface area contributed by atoms with Gasteiger partial charge in [-0.25, -0.2) is 0 Å². The molecule has 0 aliphatic rings. The average Bonchev–Trinajstić information content (AvgIpc) is 2.21. The van der Waals surface area contributed by atoms with Gasteiger partial charge in [-0.2, -0.15) is 0 Å². The zero-order valence-corrected chi connectivity index (χ0v) is 9.34. The number of hydrogen-bond donors (Lipinski definition) is 2. The van der Waals surface area contributed by atoms with Crippen LogP contribution in [0.1, 0.15) is 6.92 Å². The summed E-state index contributed by atoms with van der Waals surface area (Å²) >= 11 is 0. The molecule has 4 nitrogen and oxygen atoms in total. The molecule has 0 radical (unpaired) electrons. The van der Waals surface area contributed by atoms with Gasteiger partial charge in [0.2, 0.25) is 5.91 Å². The van der Waals surface area contributed by atoms with Crippen LogP contribution in [0, 0.1) is 0 Å². The number of benzene rings is 1. The second-order valence-corrected chi connectivity index (χ2v) is 4.75. The molecule has 1 rings (SSSR count). The predicted molar refractivity (Wildman–Crippen MR) is 63.0 cm³/mol. The summed E-state index contributed by atoms with van der Waals surface area (Å²) in [6.45, 7) is 1.78. The van der Waals surface area contributed by atoms with Crippen molar-refractivity contribution < 1.29 is 9.00 Å². The highest BCUT2D eigenvalue weighted by molar-refractivity contribution is 7.85. The highest BCUT2D eigenvalue weighted by Gasteiger charge is 2.07. The molecule has 0 spiro atoms. The van der Waals surface area contributed by atoms with Crippen LogP contribution < -0.4 is 11.1 Å². The van der Waals surface area contributed by atoms with E-state index in [0.29, 0.717) is 17.1 Å². The summed E-state index contributed by atoms with van der Waals surface area (Å²) in [6, 6.07) is 6.98. The maximum absolute atomic E-state index is 11.4. The van der Waals surface area contributed by atoms with Crippen LogP contribution in [0.25, 0.3) is 0 Å². The van der Waals surface area contributed by atoms with Gasteiger partial charge < -0.3 is 11.1 Å². The number of amides is 1. The number of para-hydroxylation sites is 2. The Morgan fingerprint density at radius 2 is 2.13 bits per heavy atom. The van der Waals surface area contributed by atoms with Crippen molar-refractivity contribution in [2.75, 3.05) is 22.6 Å². The zero-order chi connectivity index (χ0) is 11.3. The van der Waals surface area contributed by atoms with Crippen molar-refractivity contribution >= 4 is 28.1 Å². The molecule has 0 aliphatic heterocycles. The van der Waals surface area contributed by atoms with E-state index in [2.05, 4.69) is 5.32 Å². The molecule has 0 saturated carbocycles. The summed E-state index contributed by atoms with van der Waals surface area (Å²) in [6.07, 6.45) is 0. The second kappa shape index (κ2) is 5.50. The van der Waals surface area contributed by atoms with Gasteiger partial charge in [0.25, 0.3) is 0 Å². The van der Waals surface area contributed by atoms with E-state index in [4.69, 9.17) is 5.73 Å². The largest absolute Gasteiger partial charge is 0.397 e. The van der Waals surface area contributed by atoms with Gasteiger partial charge in [-0.1, -0.05) is 19.1 Å². The maximum atomic E-state index is 11.4. The molecule has 1 aromatic rings. The lowest BCUT2D eigenvalue weighted by molar-refractivity contribution is -0.113. The average molecular weight is 226 g/mol. The minimum atomic E-state index is -1.09. The molecule has 0 fully saturated rings. The molecule has 1 aromatic carbocycles. The summed E-state index contributed by atoms with van der Waals surface area (Å²) in [5, 5.41) is 2.62. The predicted octanol–water partition coefficient (Wildman–Crippen LogP) is 0.976. The Kier molecular flexibility index (Phi) is 4.30. The lowest BCUT2D eigenvalue weighted by Crippen LogP contribution is -2.20. The highest BCUT2D eigenvalue weighted by Crippen LogP contribution is 2.16. The van der Waals surface area contributed by atoms with E-state index in [0.717, 1.165) is 0 Å². The molecule has 0 saturated heterocycles. The minimum absolute atomic E-state index is 0.0187. The van der Waals surface area contributed by atoms with Gasteiger partial charge in [-0.3, -0.25) is 9.00 Å². The fourth-order valence-electron chi connectivity index (χ4n) is 1.05. The van der Waals surface area contributed by atoms with Gasteiger partial charge in [0, 0.05) is 16.6 Å². The zero-order valence-electron chi connectivity index (χ0n) is 8.53. The number of hydrogen-bond acceptors (Lipinski definition) is 3. The third-order valence-corrected chi connectivity index (χ3v) is 3.08. The first-order chi connectivity index (χ1) is 7.13. The van der Waals surface area contributed by atoms with Crippen LogP contribution in [0.3, 0.4) is 0 Å². The Morgan fingerprint density at radius 3 is 2.73 bits per heavy atom. The smallest absolute Gasteiger partial charge is 0.237 e. The quantitative estimate of drug-likeness (QED) is 0.752. The Hall–Kier alpha value is -1.36. The van der Waals surface area contributed by atoms with E-state index in [1.807, 2.05) is 0 Å². The van der Waals surface area contributed by atoms with Crippen molar-refractivity contribution in [1.29, 1.82) is 0 Å². The van der Waals surface area contributed by atoms with Gasteiger partial charge in [-0.05, 0) is 12.1 Å². The van der Waals surface area contributed by atoms with Crippen LogP contribution in [0.15, 0.2) is 24.3 Å². The molecule has 5 heteroatoms. The molecule has 0 aliphatic carbocycles. The van der Waals surface area contributed by atoms with Gasteiger partial charge in [0.15, 0.2) is 0 Å². The second-order valence-electron chi connectivity index (χ2n) is 3.01. The minimum Gasteiger partial charge on any atom is -0.397 e. The maximum Gasteiger partial charge on any atom is 0.237 e. The first-order valence-corrected chi connectivity index (χ1v) is 6.11. The monoisotopic (exact) mass is 226 g/mol. The molecular weight excluding hydrogens is 212 g/mol. The van der Waals surface area contributed by atoms with E-state index >= 15 is 0 Å². The summed E-state index contributed by atoms with van der Waals surface area (Å²) in [5.74, 6) is 0.232.